The van der Waals surface area contributed by atoms with E-state index in [0.29, 0.717) is 68.4 Å². The van der Waals surface area contributed by atoms with Crippen molar-refractivity contribution in [2.24, 2.45) is 39.6 Å². The van der Waals surface area contributed by atoms with Crippen LogP contribution in [0.3, 0.4) is 0 Å². The number of hydrogen-bond acceptors (Lipinski definition) is 13. The molecule has 4 N–H and O–H groups in total. The van der Waals surface area contributed by atoms with Gasteiger partial charge in [0.25, 0.3) is 5.91 Å². The van der Waals surface area contributed by atoms with Gasteiger partial charge >= 0.3 is 5.97 Å². The average Bonchev–Trinajstić information content (AvgIpc) is 3.89. The zero-order valence-electron chi connectivity index (χ0n) is 45.4. The second kappa shape index (κ2) is 22.2. The van der Waals surface area contributed by atoms with Crippen LogP contribution in [0.2, 0.25) is 0 Å². The summed E-state index contributed by atoms with van der Waals surface area (Å²) >= 11 is 0. The number of para-hydroxylation sites is 1. The van der Waals surface area contributed by atoms with Crippen LogP contribution in [0.15, 0.2) is 64.1 Å². The molecule has 15 heteroatoms. The van der Waals surface area contributed by atoms with Crippen molar-refractivity contribution in [3.8, 4) is 17.2 Å². The van der Waals surface area contributed by atoms with E-state index in [1.165, 1.54) is 0 Å². The topological polar surface area (TPSA) is 194 Å². The summed E-state index contributed by atoms with van der Waals surface area (Å²) in [6, 6.07) is 10.5. The van der Waals surface area contributed by atoms with E-state index in [9.17, 15) is 29.7 Å². The Morgan fingerprint density at radius 1 is 0.919 bits per heavy atom. The zero-order chi connectivity index (χ0) is 53.4. The SMILES string of the molecule is C/C1=C/C=C/C(C)C[C@@H](C)C(O)[C@@H](C)C(OC(=O)CCC(=O)N2CCC(N(C)c3ccccc3)CC2)[C@H](C)CCCC2(C)Oc3c(C)c(O)c4c(O)c(c5c(c4c3C2=O)NC2(CCN(CC(C)C)CC2)N=5)=NC1=O. The van der Waals surface area contributed by atoms with Crippen molar-refractivity contribution < 1.29 is 44.0 Å². The molecule has 0 aromatic heterocycles. The lowest BCUT2D eigenvalue weighted by Gasteiger charge is -2.38. The van der Waals surface area contributed by atoms with Crippen molar-refractivity contribution >= 4 is 45.7 Å². The number of aliphatic hydroxyl groups is 1. The highest BCUT2D eigenvalue weighted by atomic mass is 16.5. The Labute approximate surface area is 436 Å². The van der Waals surface area contributed by atoms with Crippen LogP contribution in [-0.4, -0.2) is 118 Å². The van der Waals surface area contributed by atoms with Gasteiger partial charge < -0.3 is 44.8 Å². The Kier molecular flexibility index (Phi) is 16.3. The average molecular weight is 1020 g/mol. The number of anilines is 2. The lowest BCUT2D eigenvalue weighted by Crippen LogP contribution is -2.47. The third kappa shape index (κ3) is 11.1. The number of rotatable bonds is 8. The molecule has 3 aromatic carbocycles. The number of fused-ring (bicyclic) bond motifs is 13. The molecule has 7 atom stereocenters. The fourth-order valence-corrected chi connectivity index (χ4v) is 12.3. The normalized spacial score (nSPS) is 28.1. The summed E-state index contributed by atoms with van der Waals surface area (Å²) in [4.78, 5) is 72.7. The van der Waals surface area contributed by atoms with E-state index in [4.69, 9.17) is 14.5 Å². The van der Waals surface area contributed by atoms with Gasteiger partial charge in [0.2, 0.25) is 11.7 Å². The Balaban J connectivity index is 1.07. The summed E-state index contributed by atoms with van der Waals surface area (Å²) in [7, 11) is 2.09. The fraction of sp³-hybridized carbons (Fsp3) is 0.593. The number of piperidine rings is 2. The maximum Gasteiger partial charge on any atom is 0.306 e. The molecular weight excluding hydrogens is 937 g/mol. The number of amides is 2. The summed E-state index contributed by atoms with van der Waals surface area (Å²) in [6.07, 6.45) is 8.57. The highest BCUT2D eigenvalue weighted by Gasteiger charge is 2.49. The van der Waals surface area contributed by atoms with E-state index < -0.39 is 47.0 Å². The number of nitrogens with one attached hydrogen (secondary N) is 1. The first-order chi connectivity index (χ1) is 35.1. The molecule has 6 aliphatic heterocycles. The predicted octanol–water partition coefficient (Wildman–Crippen LogP) is 8.33. The van der Waals surface area contributed by atoms with Gasteiger partial charge in [-0.05, 0) is 95.1 Å². The van der Waals surface area contributed by atoms with Crippen molar-refractivity contribution in [2.75, 3.05) is 50.0 Å². The molecule has 0 aliphatic carbocycles. The third-order valence-electron chi connectivity index (χ3n) is 16.8. The highest BCUT2D eigenvalue weighted by molar-refractivity contribution is 6.22. The minimum Gasteiger partial charge on any atom is -0.507 e. The number of aromatic hydroxyl groups is 2. The quantitative estimate of drug-likeness (QED) is 0.125. The first-order valence-corrected chi connectivity index (χ1v) is 27.2. The van der Waals surface area contributed by atoms with Gasteiger partial charge in [0, 0.05) is 93.2 Å². The number of allylic oxidation sites excluding steroid dienone is 3. The van der Waals surface area contributed by atoms with Gasteiger partial charge in [-0.2, -0.15) is 0 Å². The molecule has 2 saturated heterocycles. The van der Waals surface area contributed by atoms with Crippen LogP contribution in [0.5, 0.6) is 17.2 Å². The molecule has 15 nitrogen and oxygen atoms in total. The van der Waals surface area contributed by atoms with Crippen LogP contribution in [0, 0.1) is 36.5 Å². The summed E-state index contributed by atoms with van der Waals surface area (Å²) < 4.78 is 13.0. The number of phenolic OH excluding ortho intramolecular Hbond substituents is 2. The van der Waals surface area contributed by atoms with Crippen molar-refractivity contribution in [3.63, 3.8) is 0 Å². The number of hydrogen-bond donors (Lipinski definition) is 4. The molecule has 1 spiro atoms. The van der Waals surface area contributed by atoms with Crippen molar-refractivity contribution in [3.05, 3.63) is 76.0 Å². The first kappa shape index (κ1) is 54.5. The summed E-state index contributed by atoms with van der Waals surface area (Å²) in [5.74, 6) is -2.49. The Hall–Kier alpha value is -5.80. The number of likely N-dealkylation sites (tertiary alicyclic amines) is 2. The predicted molar refractivity (Wildman–Crippen MR) is 287 cm³/mol. The van der Waals surface area contributed by atoms with Crippen LogP contribution >= 0.6 is 0 Å². The number of nitrogens with zero attached hydrogens (tertiary/aromatic N) is 5. The van der Waals surface area contributed by atoms with Crippen molar-refractivity contribution in [1.29, 1.82) is 0 Å². The number of phenols is 2. The molecule has 9 rings (SSSR count). The van der Waals surface area contributed by atoms with Crippen LogP contribution < -0.4 is 25.7 Å². The van der Waals surface area contributed by atoms with Gasteiger partial charge in [-0.1, -0.05) is 78.0 Å². The molecule has 3 aromatic rings. The molecule has 400 valence electrons. The Morgan fingerprint density at radius 3 is 2.28 bits per heavy atom. The maximum absolute atomic E-state index is 15.1. The second-order valence-electron chi connectivity index (χ2n) is 23.0. The molecule has 2 amide bonds. The number of carbonyl (C=O) groups is 4. The van der Waals surface area contributed by atoms with Gasteiger partial charge in [-0.3, -0.25) is 24.2 Å². The number of ether oxygens (including phenoxy) is 2. The summed E-state index contributed by atoms with van der Waals surface area (Å²) in [5.41, 5.74) is 0.171. The molecule has 5 bridgehead atoms. The zero-order valence-corrected chi connectivity index (χ0v) is 45.4. The molecule has 2 fully saturated rings. The number of ketones is 1. The smallest absolute Gasteiger partial charge is 0.306 e. The van der Waals surface area contributed by atoms with Gasteiger partial charge in [0.15, 0.2) is 11.4 Å². The van der Waals surface area contributed by atoms with Crippen LogP contribution in [-0.2, 0) is 19.1 Å². The van der Waals surface area contributed by atoms with E-state index >= 15 is 4.79 Å². The molecule has 0 radical (unpaired) electrons. The van der Waals surface area contributed by atoms with Crippen LogP contribution in [0.1, 0.15) is 136 Å². The Morgan fingerprint density at radius 2 is 1.61 bits per heavy atom. The minimum absolute atomic E-state index is 0.00336. The molecule has 4 unspecified atom stereocenters. The number of carbonyl (C=O) groups excluding carboxylic acids is 4. The lowest BCUT2D eigenvalue weighted by molar-refractivity contribution is -0.160. The van der Waals surface area contributed by atoms with Crippen LogP contribution in [0.25, 0.3) is 10.8 Å². The van der Waals surface area contributed by atoms with E-state index in [2.05, 4.69) is 53.1 Å². The molecular formula is C59H80N6O9. The third-order valence-corrected chi connectivity index (χ3v) is 16.8. The lowest BCUT2D eigenvalue weighted by atomic mass is 9.79. The van der Waals surface area contributed by atoms with Gasteiger partial charge in [0.1, 0.15) is 34.0 Å². The number of esters is 1. The van der Waals surface area contributed by atoms with Gasteiger partial charge in [-0.15, -0.1) is 0 Å². The standard InChI is InChI=1S/C59H80N6O9/c1-34(2)33-64-30-26-59(27-31-64)61-48-45-46-52(69)40(8)55-47(45)56(71)58(9,74-55)25-15-18-36(4)54(73-44(67)22-21-43(66)65-28-23-42(24-29-65)63(10)41-19-12-11-13-20-41)39(7)51(68)38(6)32-35(3)16-14-17-37(5)57(72)60-50(53(46)70)49(48)62-59/h11-14,16-17,19-20,34-36,38-39,42,51,54,61,68-70H,15,18,21-33H2,1-10H3/b16-14+,37-17-,60-50?/t35?,36-,38-,39-,51?,54?,58?/m1/s1. The van der Waals surface area contributed by atoms with E-state index in [-0.39, 0.29) is 92.8 Å². The largest absolute Gasteiger partial charge is 0.507 e. The summed E-state index contributed by atoms with van der Waals surface area (Å²) in [6.45, 7) is 21.0. The second-order valence-corrected chi connectivity index (χ2v) is 23.0. The molecule has 74 heavy (non-hydrogen) atoms. The van der Waals surface area contributed by atoms with Crippen molar-refractivity contribution in [1.82, 2.24) is 9.80 Å². The highest BCUT2D eigenvalue weighted by Crippen LogP contribution is 2.52. The van der Waals surface area contributed by atoms with E-state index in [1.807, 2.05) is 56.9 Å². The first-order valence-electron chi connectivity index (χ1n) is 27.2. The van der Waals surface area contributed by atoms with Crippen LogP contribution in [0.4, 0.5) is 11.4 Å². The minimum atomic E-state index is -1.37. The Bertz CT molecular complexity index is 2810. The van der Waals surface area contributed by atoms with Crippen molar-refractivity contribution in [2.45, 2.75) is 156 Å². The number of benzene rings is 3. The summed E-state index contributed by atoms with van der Waals surface area (Å²) in [5, 5.41) is 40.3. The maximum atomic E-state index is 15.1. The monoisotopic (exact) mass is 1020 g/mol. The molecule has 6 aliphatic rings. The number of Topliss-reactive ketones (excluding diaryl/α,β-unsaturated/α-hetero) is 1. The van der Waals surface area contributed by atoms with Gasteiger partial charge in [0.05, 0.1) is 29.2 Å². The molecule has 6 heterocycles. The van der Waals surface area contributed by atoms with E-state index in [0.717, 1.165) is 38.2 Å². The van der Waals surface area contributed by atoms with Gasteiger partial charge in [-0.25, -0.2) is 4.99 Å². The fourth-order valence-electron chi connectivity index (χ4n) is 12.3. The molecule has 0 saturated carbocycles. The number of aliphatic hydroxyl groups excluding tert-OH is 1. The van der Waals surface area contributed by atoms with E-state index in [1.54, 1.807) is 32.9 Å².